The summed E-state index contributed by atoms with van der Waals surface area (Å²) in [6, 6.07) is 14.0. The molecule has 0 N–H and O–H groups in total. The Labute approximate surface area is 124 Å². The lowest BCUT2D eigenvalue weighted by Gasteiger charge is -2.19. The minimum Gasteiger partial charge on any atom is -0.212 e. The maximum atomic E-state index is 11.9. The number of nitrogens with zero attached hydrogens (tertiary/aromatic N) is 1. The molecule has 20 heavy (non-hydrogen) atoms. The first-order valence-corrected chi connectivity index (χ1v) is 9.16. The highest BCUT2D eigenvalue weighted by molar-refractivity contribution is 7.88. The standard InChI is InChI=1S/C15H19NO2S2/c1-13-8-9-15(19-13)12-16(20(2,17)18)11-10-14-6-4-3-5-7-14/h3-9H,10-12H2,1-2H3. The van der Waals surface area contributed by atoms with Gasteiger partial charge in [-0.3, -0.25) is 0 Å². The van der Waals surface area contributed by atoms with E-state index in [1.54, 1.807) is 15.6 Å². The number of sulfonamides is 1. The van der Waals surface area contributed by atoms with Gasteiger partial charge >= 0.3 is 0 Å². The first-order chi connectivity index (χ1) is 9.45. The number of benzene rings is 1. The van der Waals surface area contributed by atoms with Crippen LogP contribution in [0, 0.1) is 6.92 Å². The molecule has 0 saturated carbocycles. The number of hydrogen-bond donors (Lipinski definition) is 0. The highest BCUT2D eigenvalue weighted by atomic mass is 32.2. The average molecular weight is 309 g/mol. The molecule has 0 fully saturated rings. The molecule has 2 rings (SSSR count). The van der Waals surface area contributed by atoms with Crippen LogP contribution in [0.2, 0.25) is 0 Å². The molecule has 0 amide bonds. The summed E-state index contributed by atoms with van der Waals surface area (Å²) < 4.78 is 25.3. The van der Waals surface area contributed by atoms with E-state index in [4.69, 9.17) is 0 Å². The van der Waals surface area contributed by atoms with Crippen LogP contribution in [-0.2, 0) is 23.0 Å². The summed E-state index contributed by atoms with van der Waals surface area (Å²) in [5.41, 5.74) is 1.16. The molecule has 2 aromatic rings. The van der Waals surface area contributed by atoms with E-state index in [9.17, 15) is 8.42 Å². The molecule has 0 spiro atoms. The molecule has 1 heterocycles. The Kier molecular flexibility index (Phi) is 4.96. The Morgan fingerprint density at radius 3 is 2.35 bits per heavy atom. The van der Waals surface area contributed by atoms with E-state index in [2.05, 4.69) is 0 Å². The molecule has 3 nitrogen and oxygen atoms in total. The molecule has 108 valence electrons. The van der Waals surface area contributed by atoms with Crippen molar-refractivity contribution in [1.82, 2.24) is 4.31 Å². The summed E-state index contributed by atoms with van der Waals surface area (Å²) in [5.74, 6) is 0. The number of thiophene rings is 1. The molecule has 0 bridgehead atoms. The van der Waals surface area contributed by atoms with Crippen molar-refractivity contribution >= 4 is 21.4 Å². The summed E-state index contributed by atoms with van der Waals surface area (Å²) in [6.07, 6.45) is 2.01. The minimum atomic E-state index is -3.18. The summed E-state index contributed by atoms with van der Waals surface area (Å²) in [5, 5.41) is 0. The molecule has 5 heteroatoms. The van der Waals surface area contributed by atoms with Gasteiger partial charge in [0.05, 0.1) is 6.26 Å². The Morgan fingerprint density at radius 1 is 1.10 bits per heavy atom. The highest BCUT2D eigenvalue weighted by Crippen LogP contribution is 2.18. The predicted octanol–water partition coefficient (Wildman–Crippen LogP) is 3.06. The first kappa shape index (κ1) is 15.2. The number of aryl methyl sites for hydroxylation is 1. The van der Waals surface area contributed by atoms with Crippen molar-refractivity contribution in [3.63, 3.8) is 0 Å². The van der Waals surface area contributed by atoms with Crippen LogP contribution in [-0.4, -0.2) is 25.5 Å². The van der Waals surface area contributed by atoms with Crippen LogP contribution < -0.4 is 0 Å². The second-order valence-corrected chi connectivity index (χ2v) is 8.20. The van der Waals surface area contributed by atoms with Crippen molar-refractivity contribution in [2.24, 2.45) is 0 Å². The van der Waals surface area contributed by atoms with E-state index in [-0.39, 0.29) is 0 Å². The minimum absolute atomic E-state index is 0.462. The molecule has 0 atom stereocenters. The van der Waals surface area contributed by atoms with Crippen LogP contribution in [0.5, 0.6) is 0 Å². The zero-order valence-electron chi connectivity index (χ0n) is 11.7. The van der Waals surface area contributed by atoms with Crippen LogP contribution in [0.3, 0.4) is 0 Å². The Hall–Kier alpha value is -1.17. The van der Waals surface area contributed by atoms with E-state index in [1.807, 2.05) is 49.4 Å². The molecule has 1 aromatic carbocycles. The second kappa shape index (κ2) is 6.52. The van der Waals surface area contributed by atoms with E-state index in [0.717, 1.165) is 16.9 Å². The monoisotopic (exact) mass is 309 g/mol. The van der Waals surface area contributed by atoms with Gasteiger partial charge in [0.15, 0.2) is 0 Å². The van der Waals surface area contributed by atoms with Gasteiger partial charge in [-0.25, -0.2) is 8.42 Å². The Bertz CT molecular complexity index is 648. The molecule has 0 aliphatic carbocycles. The van der Waals surface area contributed by atoms with Crippen molar-refractivity contribution in [3.8, 4) is 0 Å². The third-order valence-electron chi connectivity index (χ3n) is 3.09. The molecule has 0 aliphatic rings. The van der Waals surface area contributed by atoms with Crippen molar-refractivity contribution in [2.75, 3.05) is 12.8 Å². The van der Waals surface area contributed by atoms with Crippen LogP contribution in [0.15, 0.2) is 42.5 Å². The fourth-order valence-corrected chi connectivity index (χ4v) is 3.79. The molecule has 0 unspecified atom stereocenters. The zero-order chi connectivity index (χ0) is 14.6. The molecule has 0 aliphatic heterocycles. The van der Waals surface area contributed by atoms with Gasteiger partial charge in [-0.05, 0) is 31.0 Å². The van der Waals surface area contributed by atoms with Crippen LogP contribution >= 0.6 is 11.3 Å². The van der Waals surface area contributed by atoms with Gasteiger partial charge in [-0.15, -0.1) is 11.3 Å². The zero-order valence-corrected chi connectivity index (χ0v) is 13.4. The first-order valence-electron chi connectivity index (χ1n) is 6.49. The quantitative estimate of drug-likeness (QED) is 0.822. The van der Waals surface area contributed by atoms with Gasteiger partial charge in [-0.2, -0.15) is 4.31 Å². The summed E-state index contributed by atoms with van der Waals surface area (Å²) >= 11 is 1.65. The molecular formula is C15H19NO2S2. The lowest BCUT2D eigenvalue weighted by atomic mass is 10.1. The SMILES string of the molecule is Cc1ccc(CN(CCc2ccccc2)S(C)(=O)=O)s1. The van der Waals surface area contributed by atoms with Crippen molar-refractivity contribution in [1.29, 1.82) is 0 Å². The molecule has 0 radical (unpaired) electrons. The molecule has 0 saturated heterocycles. The summed E-state index contributed by atoms with van der Waals surface area (Å²) in [7, 11) is -3.18. The summed E-state index contributed by atoms with van der Waals surface area (Å²) in [6.45, 7) is 3.01. The highest BCUT2D eigenvalue weighted by Gasteiger charge is 2.17. The van der Waals surface area contributed by atoms with Crippen LogP contribution in [0.25, 0.3) is 0 Å². The van der Waals surface area contributed by atoms with E-state index in [0.29, 0.717) is 13.1 Å². The van der Waals surface area contributed by atoms with Crippen molar-refractivity contribution < 1.29 is 8.42 Å². The van der Waals surface area contributed by atoms with Gasteiger partial charge in [0.2, 0.25) is 10.0 Å². The normalized spacial score (nSPS) is 11.9. The third kappa shape index (κ3) is 4.44. The van der Waals surface area contributed by atoms with E-state index in [1.165, 1.54) is 11.1 Å². The smallest absolute Gasteiger partial charge is 0.211 e. The molecule has 1 aromatic heterocycles. The largest absolute Gasteiger partial charge is 0.212 e. The van der Waals surface area contributed by atoms with Crippen molar-refractivity contribution in [3.05, 3.63) is 57.8 Å². The second-order valence-electron chi connectivity index (χ2n) is 4.84. The molecular weight excluding hydrogens is 290 g/mol. The Morgan fingerprint density at radius 2 is 1.80 bits per heavy atom. The third-order valence-corrected chi connectivity index (χ3v) is 5.33. The van der Waals surface area contributed by atoms with Gasteiger partial charge in [0.25, 0.3) is 0 Å². The average Bonchev–Trinajstić information content (AvgIpc) is 2.80. The summed E-state index contributed by atoms with van der Waals surface area (Å²) in [4.78, 5) is 2.29. The van der Waals surface area contributed by atoms with Gasteiger partial charge in [0, 0.05) is 22.8 Å². The number of rotatable bonds is 6. The van der Waals surface area contributed by atoms with Gasteiger partial charge in [0.1, 0.15) is 0 Å². The lowest BCUT2D eigenvalue weighted by Crippen LogP contribution is -2.31. The van der Waals surface area contributed by atoms with Crippen molar-refractivity contribution in [2.45, 2.75) is 19.9 Å². The topological polar surface area (TPSA) is 37.4 Å². The fraction of sp³-hybridized carbons (Fsp3) is 0.333. The number of hydrogen-bond acceptors (Lipinski definition) is 3. The fourth-order valence-electron chi connectivity index (χ4n) is 2.00. The van der Waals surface area contributed by atoms with Crippen LogP contribution in [0.1, 0.15) is 15.3 Å². The van der Waals surface area contributed by atoms with Crippen LogP contribution in [0.4, 0.5) is 0 Å². The van der Waals surface area contributed by atoms with Gasteiger partial charge < -0.3 is 0 Å². The van der Waals surface area contributed by atoms with Gasteiger partial charge in [-0.1, -0.05) is 30.3 Å². The Balaban J connectivity index is 2.05. The maximum Gasteiger partial charge on any atom is 0.211 e. The van der Waals surface area contributed by atoms with E-state index < -0.39 is 10.0 Å². The maximum absolute atomic E-state index is 11.9. The van der Waals surface area contributed by atoms with E-state index >= 15 is 0 Å². The lowest BCUT2D eigenvalue weighted by molar-refractivity contribution is 0.416. The predicted molar refractivity (Wildman–Crippen MR) is 84.5 cm³/mol.